The average molecular weight is 295 g/mol. The van der Waals surface area contributed by atoms with E-state index in [9.17, 15) is 14.3 Å². The molecule has 1 heterocycles. The maximum Gasteiger partial charge on any atom is 0.254 e. The number of rotatable bonds is 4. The Balaban J connectivity index is 2.05. The molecule has 1 fully saturated rings. The van der Waals surface area contributed by atoms with E-state index in [0.29, 0.717) is 31.6 Å². The van der Waals surface area contributed by atoms with Crippen molar-refractivity contribution in [3.63, 3.8) is 0 Å². The fourth-order valence-corrected chi connectivity index (χ4v) is 2.77. The molecule has 0 bridgehead atoms. The number of ether oxygens (including phenoxy) is 1. The Morgan fingerprint density at radius 1 is 1.43 bits per heavy atom. The summed E-state index contributed by atoms with van der Waals surface area (Å²) in [6, 6.07) is 6.35. The van der Waals surface area contributed by atoms with Crippen LogP contribution in [0, 0.1) is 11.7 Å². The molecule has 4 nitrogen and oxygen atoms in total. The van der Waals surface area contributed by atoms with Crippen LogP contribution in [0.25, 0.3) is 0 Å². The van der Waals surface area contributed by atoms with E-state index in [0.717, 1.165) is 0 Å². The third-order valence-electron chi connectivity index (χ3n) is 4.16. The molecule has 2 rings (SSSR count). The number of hydrogen-bond acceptors (Lipinski definition) is 3. The molecule has 0 aromatic heterocycles. The summed E-state index contributed by atoms with van der Waals surface area (Å²) in [4.78, 5) is 13.9. The van der Waals surface area contributed by atoms with Gasteiger partial charge in [0, 0.05) is 38.3 Å². The van der Waals surface area contributed by atoms with Crippen LogP contribution in [0.5, 0.6) is 0 Å². The third-order valence-corrected chi connectivity index (χ3v) is 4.16. The molecule has 5 heteroatoms. The van der Waals surface area contributed by atoms with Gasteiger partial charge in [0.1, 0.15) is 11.4 Å². The molecule has 1 atom stereocenters. The fourth-order valence-electron chi connectivity index (χ4n) is 2.77. The summed E-state index contributed by atoms with van der Waals surface area (Å²) in [6.45, 7) is 2.81. The molecule has 116 valence electrons. The Bertz CT molecular complexity index is 498. The highest BCUT2D eigenvalue weighted by Gasteiger charge is 2.41. The summed E-state index contributed by atoms with van der Waals surface area (Å²) in [5.41, 5.74) is -1.000. The van der Waals surface area contributed by atoms with Crippen LogP contribution in [0.2, 0.25) is 0 Å². The number of hydrogen-bond donors (Lipinski definition) is 1. The van der Waals surface area contributed by atoms with E-state index in [2.05, 4.69) is 0 Å². The largest absolute Gasteiger partial charge is 0.381 e. The van der Waals surface area contributed by atoms with Crippen LogP contribution >= 0.6 is 0 Å². The molecule has 1 aliphatic rings. The quantitative estimate of drug-likeness (QED) is 0.924. The van der Waals surface area contributed by atoms with Crippen molar-refractivity contribution in [3.05, 3.63) is 35.6 Å². The van der Waals surface area contributed by atoms with Crippen LogP contribution in [0.1, 0.15) is 25.3 Å². The molecule has 0 saturated carbocycles. The topological polar surface area (TPSA) is 49.8 Å². The normalized spacial score (nSPS) is 19.0. The van der Waals surface area contributed by atoms with Crippen LogP contribution in [-0.2, 0) is 16.1 Å². The van der Waals surface area contributed by atoms with E-state index >= 15 is 0 Å². The molecule has 21 heavy (non-hydrogen) atoms. The Hall–Kier alpha value is -1.46. The molecule has 1 aromatic rings. The summed E-state index contributed by atoms with van der Waals surface area (Å²) < 4.78 is 18.9. The predicted molar refractivity (Wildman–Crippen MR) is 77.0 cm³/mol. The number of halogens is 1. The molecule has 1 saturated heterocycles. The number of amides is 1. The van der Waals surface area contributed by atoms with Crippen molar-refractivity contribution < 1.29 is 19.0 Å². The highest BCUT2D eigenvalue weighted by molar-refractivity contribution is 5.84. The van der Waals surface area contributed by atoms with E-state index in [1.807, 2.05) is 0 Å². The maximum atomic E-state index is 13.6. The monoisotopic (exact) mass is 295 g/mol. The van der Waals surface area contributed by atoms with Crippen molar-refractivity contribution in [1.82, 2.24) is 4.90 Å². The molecule has 0 radical (unpaired) electrons. The lowest BCUT2D eigenvalue weighted by Gasteiger charge is -2.36. The average Bonchev–Trinajstić information content (AvgIpc) is 2.49. The molecule has 1 aromatic carbocycles. The Morgan fingerprint density at radius 2 is 2.05 bits per heavy atom. The molecule has 1 N–H and O–H groups in total. The molecule has 1 amide bonds. The first-order chi connectivity index (χ1) is 9.93. The second kappa shape index (κ2) is 6.54. The van der Waals surface area contributed by atoms with Crippen molar-refractivity contribution in [2.24, 2.45) is 5.92 Å². The standard InChI is InChI=1S/C16H22FNO3/c1-16(20,13-7-9-21-10-8-13)15(19)18(2)11-12-5-3-4-6-14(12)17/h3-6,13,20H,7-11H2,1-2H3/t16-/m0/s1. The maximum absolute atomic E-state index is 13.6. The molecule has 0 unspecified atom stereocenters. The molecular formula is C16H22FNO3. The van der Waals surface area contributed by atoms with Crippen LogP contribution in [0.3, 0.4) is 0 Å². The number of likely N-dealkylation sites (N-methyl/N-ethyl adjacent to an activating group) is 1. The second-order valence-electron chi connectivity index (χ2n) is 5.79. The van der Waals surface area contributed by atoms with Gasteiger partial charge in [-0.3, -0.25) is 4.79 Å². The minimum atomic E-state index is -1.44. The zero-order chi connectivity index (χ0) is 15.5. The Morgan fingerprint density at radius 3 is 2.67 bits per heavy atom. The SMILES string of the molecule is CN(Cc1ccccc1F)C(=O)[C@@](C)(O)C1CCOCC1. The van der Waals surface area contributed by atoms with Gasteiger partial charge in [-0.05, 0) is 25.8 Å². The number of carbonyl (C=O) groups excluding carboxylic acids is 1. The summed E-state index contributed by atoms with van der Waals surface area (Å²) in [5.74, 6) is -0.845. The van der Waals surface area contributed by atoms with Gasteiger partial charge in [-0.2, -0.15) is 0 Å². The third kappa shape index (κ3) is 3.60. The number of carbonyl (C=O) groups is 1. The first kappa shape index (κ1) is 15.9. The van der Waals surface area contributed by atoms with Gasteiger partial charge in [0.05, 0.1) is 0 Å². The van der Waals surface area contributed by atoms with Gasteiger partial charge < -0.3 is 14.7 Å². The van der Waals surface area contributed by atoms with Crippen LogP contribution in [0.15, 0.2) is 24.3 Å². The Labute approximate surface area is 124 Å². The van der Waals surface area contributed by atoms with Crippen LogP contribution in [-0.4, -0.2) is 41.8 Å². The summed E-state index contributed by atoms with van der Waals surface area (Å²) in [5, 5.41) is 10.6. The van der Waals surface area contributed by atoms with E-state index in [-0.39, 0.29) is 24.2 Å². The summed E-state index contributed by atoms with van der Waals surface area (Å²) in [7, 11) is 1.59. The molecule has 0 aliphatic carbocycles. The zero-order valence-corrected chi connectivity index (χ0v) is 12.5. The van der Waals surface area contributed by atoms with Crippen LogP contribution in [0.4, 0.5) is 4.39 Å². The number of benzene rings is 1. The van der Waals surface area contributed by atoms with Crippen molar-refractivity contribution in [2.75, 3.05) is 20.3 Å². The van der Waals surface area contributed by atoms with Crippen molar-refractivity contribution in [2.45, 2.75) is 31.9 Å². The van der Waals surface area contributed by atoms with Gasteiger partial charge in [-0.15, -0.1) is 0 Å². The first-order valence-electron chi connectivity index (χ1n) is 7.22. The van der Waals surface area contributed by atoms with E-state index in [1.54, 1.807) is 32.2 Å². The lowest BCUT2D eigenvalue weighted by Crippen LogP contribution is -2.51. The van der Waals surface area contributed by atoms with Crippen molar-refractivity contribution in [3.8, 4) is 0 Å². The molecule has 0 spiro atoms. The molecule has 1 aliphatic heterocycles. The molecular weight excluding hydrogens is 273 g/mol. The van der Waals surface area contributed by atoms with Gasteiger partial charge in [0.15, 0.2) is 0 Å². The summed E-state index contributed by atoms with van der Waals surface area (Å²) >= 11 is 0. The number of aliphatic hydroxyl groups is 1. The number of nitrogens with zero attached hydrogens (tertiary/aromatic N) is 1. The minimum Gasteiger partial charge on any atom is -0.381 e. The zero-order valence-electron chi connectivity index (χ0n) is 12.5. The second-order valence-corrected chi connectivity index (χ2v) is 5.79. The van der Waals surface area contributed by atoms with Gasteiger partial charge in [-0.1, -0.05) is 18.2 Å². The van der Waals surface area contributed by atoms with Crippen LogP contribution < -0.4 is 0 Å². The smallest absolute Gasteiger partial charge is 0.254 e. The van der Waals surface area contributed by atoms with Gasteiger partial charge in [0.2, 0.25) is 0 Å². The van der Waals surface area contributed by atoms with Gasteiger partial charge in [-0.25, -0.2) is 4.39 Å². The highest BCUT2D eigenvalue weighted by atomic mass is 19.1. The fraction of sp³-hybridized carbons (Fsp3) is 0.562. The van der Waals surface area contributed by atoms with Gasteiger partial charge in [0.25, 0.3) is 5.91 Å². The Kier molecular flexibility index (Phi) is 4.96. The van der Waals surface area contributed by atoms with E-state index in [1.165, 1.54) is 11.0 Å². The van der Waals surface area contributed by atoms with Gasteiger partial charge >= 0.3 is 0 Å². The first-order valence-corrected chi connectivity index (χ1v) is 7.22. The van der Waals surface area contributed by atoms with Crippen molar-refractivity contribution in [1.29, 1.82) is 0 Å². The van der Waals surface area contributed by atoms with Crippen molar-refractivity contribution >= 4 is 5.91 Å². The van der Waals surface area contributed by atoms with E-state index < -0.39 is 5.60 Å². The summed E-state index contributed by atoms with van der Waals surface area (Å²) in [6.07, 6.45) is 1.32. The van der Waals surface area contributed by atoms with E-state index in [4.69, 9.17) is 4.74 Å². The highest BCUT2D eigenvalue weighted by Crippen LogP contribution is 2.29. The minimum absolute atomic E-state index is 0.123. The lowest BCUT2D eigenvalue weighted by atomic mass is 9.82. The lowest BCUT2D eigenvalue weighted by molar-refractivity contribution is -0.158. The predicted octanol–water partition coefficient (Wildman–Crippen LogP) is 1.96.